The van der Waals surface area contributed by atoms with Crippen molar-refractivity contribution in [3.63, 3.8) is 0 Å². The van der Waals surface area contributed by atoms with Crippen molar-refractivity contribution >= 4 is 51.5 Å². The molecule has 3 aliphatic heterocycles. The number of ether oxygens (including phenoxy) is 1. The molecule has 6 aromatic rings. The summed E-state index contributed by atoms with van der Waals surface area (Å²) in [6, 6.07) is 10.2. The maximum atomic E-state index is 15.4. The summed E-state index contributed by atoms with van der Waals surface area (Å²) in [5, 5.41) is 8.58. The fraction of sp³-hybridized carbons (Fsp3) is 0.400. The number of pyridine rings is 2. The number of carbonyl (C=O) groups is 2. The molecule has 1 aromatic carbocycles. The highest BCUT2D eigenvalue weighted by Gasteiger charge is 2.42. The molecule has 4 aliphatic rings. The van der Waals surface area contributed by atoms with Gasteiger partial charge >= 0.3 is 0 Å². The van der Waals surface area contributed by atoms with Crippen LogP contribution < -0.4 is 15.1 Å². The van der Waals surface area contributed by atoms with E-state index in [9.17, 15) is 14.0 Å². The number of imidazole rings is 1. The molecule has 3 atom stereocenters. The van der Waals surface area contributed by atoms with Crippen molar-refractivity contribution in [2.45, 2.75) is 57.0 Å². The third-order valence-corrected chi connectivity index (χ3v) is 11.7. The SMILES string of the molecule is CO[C@H]1CN(C)C(=O)[C@@H]2C[C@@H](CN2c2nc(N3CCN(C4CC4)C(=O)C3)nc3c2cnn3-c2ccc(F)cc2F)Nc2cccc(n2)-c2nccc3nc(C)n(c23)C1. The van der Waals surface area contributed by atoms with Gasteiger partial charge in [-0.15, -0.1) is 0 Å². The van der Waals surface area contributed by atoms with Crippen LogP contribution in [-0.2, 0) is 20.9 Å². The van der Waals surface area contributed by atoms with Crippen LogP contribution in [0.5, 0.6) is 0 Å². The van der Waals surface area contributed by atoms with E-state index in [0.717, 1.165) is 41.8 Å². The lowest BCUT2D eigenvalue weighted by Crippen LogP contribution is -2.52. The molecule has 3 fully saturated rings. The second kappa shape index (κ2) is 14.0. The summed E-state index contributed by atoms with van der Waals surface area (Å²) in [5.74, 6) is 0.323. The van der Waals surface area contributed by atoms with Crippen molar-refractivity contribution < 1.29 is 23.1 Å². The lowest BCUT2D eigenvalue weighted by Gasteiger charge is -2.35. The van der Waals surface area contributed by atoms with E-state index < -0.39 is 23.8 Å². The van der Waals surface area contributed by atoms with E-state index in [4.69, 9.17) is 29.7 Å². The number of rotatable bonds is 5. The number of benzene rings is 1. The number of hydrogen-bond donors (Lipinski definition) is 1. The van der Waals surface area contributed by atoms with Gasteiger partial charge in [-0.05, 0) is 56.5 Å². The van der Waals surface area contributed by atoms with Gasteiger partial charge in [0.15, 0.2) is 11.5 Å². The maximum Gasteiger partial charge on any atom is 0.245 e. The number of methoxy groups -OCH3 is 1. The minimum Gasteiger partial charge on any atom is -0.378 e. The molecule has 10 rings (SSSR count). The Labute approximate surface area is 331 Å². The number of carbonyl (C=O) groups excluding carboxylic acids is 2. The first kappa shape index (κ1) is 36.1. The van der Waals surface area contributed by atoms with E-state index in [1.54, 1.807) is 25.3 Å². The summed E-state index contributed by atoms with van der Waals surface area (Å²) >= 11 is 0. The van der Waals surface area contributed by atoms with E-state index in [0.29, 0.717) is 61.0 Å². The van der Waals surface area contributed by atoms with Gasteiger partial charge < -0.3 is 34.2 Å². The summed E-state index contributed by atoms with van der Waals surface area (Å²) < 4.78 is 38.8. The molecule has 1 N–H and O–H groups in total. The summed E-state index contributed by atoms with van der Waals surface area (Å²) in [4.78, 5) is 60.1. The van der Waals surface area contributed by atoms with Gasteiger partial charge in [0.2, 0.25) is 17.8 Å². The fourth-order valence-corrected chi connectivity index (χ4v) is 8.63. The summed E-state index contributed by atoms with van der Waals surface area (Å²) in [6.07, 6.45) is 5.25. The predicted molar refractivity (Wildman–Crippen MR) is 211 cm³/mol. The zero-order valence-corrected chi connectivity index (χ0v) is 32.2. The zero-order valence-electron chi connectivity index (χ0n) is 32.2. The van der Waals surface area contributed by atoms with Gasteiger partial charge in [-0.1, -0.05) is 6.07 Å². The van der Waals surface area contributed by atoms with E-state index >= 15 is 4.39 Å². The van der Waals surface area contributed by atoms with Crippen molar-refractivity contribution in [3.8, 4) is 17.1 Å². The second-order valence-electron chi connectivity index (χ2n) is 15.5. The molecule has 18 heteroatoms. The highest BCUT2D eigenvalue weighted by molar-refractivity contribution is 5.94. The lowest BCUT2D eigenvalue weighted by atomic mass is 10.1. The van der Waals surface area contributed by atoms with Crippen LogP contribution in [0.4, 0.5) is 26.4 Å². The minimum atomic E-state index is -0.819. The molecule has 2 saturated heterocycles. The number of halogens is 2. The van der Waals surface area contributed by atoms with Crippen LogP contribution in [0.25, 0.3) is 39.1 Å². The van der Waals surface area contributed by atoms with Crippen molar-refractivity contribution in [1.82, 2.24) is 49.1 Å². The summed E-state index contributed by atoms with van der Waals surface area (Å²) in [6.45, 7) is 4.03. The number of aromatic nitrogens is 8. The zero-order chi connectivity index (χ0) is 39.8. The quantitative estimate of drug-likeness (QED) is 0.272. The molecule has 5 aromatic heterocycles. The Bertz CT molecular complexity index is 2610. The lowest BCUT2D eigenvalue weighted by molar-refractivity contribution is -0.133. The monoisotopic (exact) mass is 789 g/mol. The third-order valence-electron chi connectivity index (χ3n) is 11.7. The number of piperazine rings is 1. The molecule has 4 bridgehead atoms. The van der Waals surface area contributed by atoms with E-state index in [-0.39, 0.29) is 54.3 Å². The predicted octanol–water partition coefficient (Wildman–Crippen LogP) is 3.57. The topological polar surface area (TPSA) is 156 Å². The van der Waals surface area contributed by atoms with Crippen LogP contribution in [0.1, 0.15) is 25.1 Å². The Morgan fingerprint density at radius 1 is 0.948 bits per heavy atom. The number of nitrogens with one attached hydrogen (secondary N) is 1. The van der Waals surface area contributed by atoms with Gasteiger partial charge in [0.1, 0.15) is 47.2 Å². The molecule has 58 heavy (non-hydrogen) atoms. The number of nitrogens with zero attached hydrogens (tertiary/aromatic N) is 12. The summed E-state index contributed by atoms with van der Waals surface area (Å²) in [5.41, 5.74) is 3.22. The van der Waals surface area contributed by atoms with Crippen molar-refractivity contribution in [2.75, 3.05) is 62.0 Å². The average molecular weight is 790 g/mol. The number of anilines is 3. The van der Waals surface area contributed by atoms with E-state index in [1.165, 1.54) is 16.9 Å². The maximum absolute atomic E-state index is 15.4. The molecule has 298 valence electrons. The average Bonchev–Trinajstić information content (AvgIpc) is 3.71. The normalized spacial score (nSPS) is 21.5. The Hall–Kier alpha value is -6.30. The first-order valence-electron chi connectivity index (χ1n) is 19.5. The number of amides is 2. The Kier molecular flexibility index (Phi) is 8.68. The number of likely N-dealkylation sites (N-methyl/N-ethyl adjacent to an activating group) is 1. The van der Waals surface area contributed by atoms with E-state index in [1.807, 2.05) is 45.9 Å². The van der Waals surface area contributed by atoms with Crippen LogP contribution >= 0.6 is 0 Å². The van der Waals surface area contributed by atoms with Crippen molar-refractivity contribution in [1.29, 1.82) is 0 Å². The molecular formula is C40H41F2N13O3. The molecule has 8 heterocycles. The number of fused-ring (bicyclic) bond motifs is 6. The molecule has 16 nitrogen and oxygen atoms in total. The minimum absolute atomic E-state index is 0.00516. The number of hydrogen-bond acceptors (Lipinski definition) is 12. The largest absolute Gasteiger partial charge is 0.378 e. The van der Waals surface area contributed by atoms with Crippen LogP contribution in [0.15, 0.2) is 54.9 Å². The van der Waals surface area contributed by atoms with Crippen LogP contribution in [-0.4, -0.2) is 132 Å². The van der Waals surface area contributed by atoms with Gasteiger partial charge in [-0.25, -0.2) is 23.4 Å². The van der Waals surface area contributed by atoms with Gasteiger partial charge in [-0.3, -0.25) is 14.6 Å². The molecule has 1 aliphatic carbocycles. The van der Waals surface area contributed by atoms with Gasteiger partial charge in [0.05, 0.1) is 41.0 Å². The van der Waals surface area contributed by atoms with Crippen molar-refractivity contribution in [3.05, 3.63) is 72.3 Å². The highest BCUT2D eigenvalue weighted by atomic mass is 19.1. The van der Waals surface area contributed by atoms with Gasteiger partial charge in [-0.2, -0.15) is 15.1 Å². The molecule has 0 radical (unpaired) electrons. The molecule has 2 amide bonds. The fourth-order valence-electron chi connectivity index (χ4n) is 8.63. The van der Waals surface area contributed by atoms with Crippen molar-refractivity contribution in [2.24, 2.45) is 0 Å². The molecular weight excluding hydrogens is 749 g/mol. The third kappa shape index (κ3) is 6.22. The number of aryl methyl sites for hydroxylation is 1. The van der Waals surface area contributed by atoms with Crippen LogP contribution in [0.2, 0.25) is 0 Å². The van der Waals surface area contributed by atoms with Crippen LogP contribution in [0.3, 0.4) is 0 Å². The summed E-state index contributed by atoms with van der Waals surface area (Å²) in [7, 11) is 3.40. The Balaban J connectivity index is 1.09. The molecule has 0 unspecified atom stereocenters. The Morgan fingerprint density at radius 2 is 1.81 bits per heavy atom. The second-order valence-corrected chi connectivity index (χ2v) is 15.5. The first-order valence-corrected chi connectivity index (χ1v) is 19.5. The smallest absolute Gasteiger partial charge is 0.245 e. The van der Waals surface area contributed by atoms with Crippen LogP contribution in [0, 0.1) is 18.6 Å². The molecule has 1 saturated carbocycles. The van der Waals surface area contributed by atoms with Gasteiger partial charge in [0, 0.05) is 64.7 Å². The van der Waals surface area contributed by atoms with E-state index in [2.05, 4.69) is 15.0 Å². The van der Waals surface area contributed by atoms with Gasteiger partial charge in [0.25, 0.3) is 0 Å². The standard InChI is InChI=1S/C40H41F2N13O3/c1-22-45-30-11-12-43-35-29-5-4-6-33(47-29)46-24-16-32(39(57)50(2)19-26(58-3)20-53(22)36(30)35)54(18-24)37-27-17-44-55(31-10-7-23(41)15-28(31)42)38(27)49-40(48-37)51-13-14-52(25-8-9-25)34(56)21-51/h4-7,10-12,15,17,24-26,32H,8-9,13-14,16,18-21H2,1-3H3,(H,46,47)/t24-,26-,32-/m0/s1. The first-order chi connectivity index (χ1) is 28.1. The molecule has 0 spiro atoms. The Morgan fingerprint density at radius 3 is 2.60 bits per heavy atom. The highest BCUT2D eigenvalue weighted by Crippen LogP contribution is 2.36.